The van der Waals surface area contributed by atoms with Crippen molar-refractivity contribution in [3.63, 3.8) is 0 Å². The van der Waals surface area contributed by atoms with Crippen molar-refractivity contribution in [2.24, 2.45) is 0 Å². The first-order valence-electron chi connectivity index (χ1n) is 7.24. The maximum absolute atomic E-state index is 12.0. The summed E-state index contributed by atoms with van der Waals surface area (Å²) < 4.78 is 0. The molecule has 0 atom stereocenters. The SMILES string of the molecule is N#C/C(=C/Nc1ccc(Cl)cc1Cl)C(=O)NCCc1ccccc1. The second-order valence-corrected chi connectivity index (χ2v) is 5.77. The number of anilines is 1. The molecular formula is C18H15Cl2N3O. The molecule has 0 aromatic heterocycles. The number of carbonyl (C=O) groups excluding carboxylic acids is 1. The Labute approximate surface area is 150 Å². The van der Waals surface area contributed by atoms with E-state index in [1.54, 1.807) is 18.2 Å². The van der Waals surface area contributed by atoms with Gasteiger partial charge in [0.25, 0.3) is 5.91 Å². The molecule has 0 heterocycles. The standard InChI is InChI=1S/C18H15Cl2N3O/c19-15-6-7-17(16(20)10-15)23-12-14(11-21)18(24)22-9-8-13-4-2-1-3-5-13/h1-7,10,12,23H,8-9H2,(H,22,24)/b14-12-. The van der Waals surface area contributed by atoms with Gasteiger partial charge in [0.15, 0.2) is 0 Å². The van der Waals surface area contributed by atoms with E-state index in [-0.39, 0.29) is 5.57 Å². The maximum atomic E-state index is 12.0. The summed E-state index contributed by atoms with van der Waals surface area (Å²) in [4.78, 5) is 12.0. The molecule has 2 aromatic rings. The third kappa shape index (κ3) is 5.31. The van der Waals surface area contributed by atoms with Gasteiger partial charge in [-0.3, -0.25) is 4.79 Å². The molecular weight excluding hydrogens is 345 g/mol. The summed E-state index contributed by atoms with van der Waals surface area (Å²) in [6, 6.07) is 16.6. The van der Waals surface area contributed by atoms with Gasteiger partial charge < -0.3 is 10.6 Å². The van der Waals surface area contributed by atoms with Crippen molar-refractivity contribution in [3.8, 4) is 6.07 Å². The van der Waals surface area contributed by atoms with E-state index in [1.807, 2.05) is 36.4 Å². The number of nitriles is 1. The smallest absolute Gasteiger partial charge is 0.263 e. The largest absolute Gasteiger partial charge is 0.359 e. The summed E-state index contributed by atoms with van der Waals surface area (Å²) in [6.45, 7) is 0.448. The van der Waals surface area contributed by atoms with Crippen LogP contribution in [-0.4, -0.2) is 12.5 Å². The molecule has 2 rings (SSSR count). The number of rotatable bonds is 6. The first-order valence-corrected chi connectivity index (χ1v) is 7.99. The van der Waals surface area contributed by atoms with Crippen molar-refractivity contribution in [1.82, 2.24) is 5.32 Å². The van der Waals surface area contributed by atoms with E-state index in [2.05, 4.69) is 10.6 Å². The minimum atomic E-state index is -0.439. The molecule has 24 heavy (non-hydrogen) atoms. The Kier molecular flexibility index (Phi) is 6.68. The molecule has 0 bridgehead atoms. The molecule has 4 nitrogen and oxygen atoms in total. The Bertz CT molecular complexity index is 783. The Morgan fingerprint density at radius 2 is 1.92 bits per heavy atom. The molecule has 0 saturated heterocycles. The maximum Gasteiger partial charge on any atom is 0.263 e. The number of halogens is 2. The average molecular weight is 360 g/mol. The van der Waals surface area contributed by atoms with Gasteiger partial charge in [0.2, 0.25) is 0 Å². The first-order chi connectivity index (χ1) is 11.6. The van der Waals surface area contributed by atoms with Crippen molar-refractivity contribution in [2.45, 2.75) is 6.42 Å². The highest BCUT2D eigenvalue weighted by molar-refractivity contribution is 6.36. The van der Waals surface area contributed by atoms with Crippen molar-refractivity contribution in [2.75, 3.05) is 11.9 Å². The Morgan fingerprint density at radius 1 is 1.17 bits per heavy atom. The molecule has 1 amide bonds. The summed E-state index contributed by atoms with van der Waals surface area (Å²) in [6.07, 6.45) is 2.02. The lowest BCUT2D eigenvalue weighted by Crippen LogP contribution is -2.27. The van der Waals surface area contributed by atoms with Gasteiger partial charge in [0.05, 0.1) is 10.7 Å². The van der Waals surface area contributed by atoms with Crippen LogP contribution in [0.1, 0.15) is 5.56 Å². The van der Waals surface area contributed by atoms with Crippen molar-refractivity contribution in [3.05, 3.63) is 75.9 Å². The molecule has 2 N–H and O–H groups in total. The number of amides is 1. The highest BCUT2D eigenvalue weighted by atomic mass is 35.5. The molecule has 0 aliphatic heterocycles. The van der Waals surface area contributed by atoms with Crippen LogP contribution >= 0.6 is 23.2 Å². The van der Waals surface area contributed by atoms with E-state index >= 15 is 0 Å². The van der Waals surface area contributed by atoms with Gasteiger partial charge in [0.1, 0.15) is 11.6 Å². The zero-order chi connectivity index (χ0) is 17.4. The quantitative estimate of drug-likeness (QED) is 0.600. The summed E-state index contributed by atoms with van der Waals surface area (Å²) >= 11 is 11.8. The molecule has 0 radical (unpaired) electrons. The lowest BCUT2D eigenvalue weighted by molar-refractivity contribution is -0.117. The van der Waals surface area contributed by atoms with Gasteiger partial charge in [-0.15, -0.1) is 0 Å². The van der Waals surface area contributed by atoms with E-state index in [9.17, 15) is 4.79 Å². The minimum Gasteiger partial charge on any atom is -0.359 e. The fraction of sp³-hybridized carbons (Fsp3) is 0.111. The molecule has 0 spiro atoms. The number of hydrogen-bond donors (Lipinski definition) is 2. The van der Waals surface area contributed by atoms with E-state index in [4.69, 9.17) is 28.5 Å². The predicted molar refractivity (Wildman–Crippen MR) is 96.9 cm³/mol. The van der Waals surface area contributed by atoms with Crippen LogP contribution in [0.2, 0.25) is 10.0 Å². The lowest BCUT2D eigenvalue weighted by atomic mass is 10.1. The van der Waals surface area contributed by atoms with Gasteiger partial charge in [-0.25, -0.2) is 0 Å². The number of benzene rings is 2. The lowest BCUT2D eigenvalue weighted by Gasteiger charge is -2.07. The molecule has 0 aliphatic rings. The summed E-state index contributed by atoms with van der Waals surface area (Å²) in [5.74, 6) is -0.439. The Hall–Kier alpha value is -2.48. The van der Waals surface area contributed by atoms with E-state index in [0.717, 1.165) is 5.56 Å². The van der Waals surface area contributed by atoms with Gasteiger partial charge in [-0.2, -0.15) is 5.26 Å². The van der Waals surface area contributed by atoms with E-state index in [1.165, 1.54) is 6.20 Å². The van der Waals surface area contributed by atoms with Crippen LogP contribution in [0, 0.1) is 11.3 Å². The highest BCUT2D eigenvalue weighted by Crippen LogP contribution is 2.25. The molecule has 0 unspecified atom stereocenters. The van der Waals surface area contributed by atoms with Crippen LogP contribution in [-0.2, 0) is 11.2 Å². The normalized spacial score (nSPS) is 10.8. The molecule has 0 aliphatic carbocycles. The zero-order valence-electron chi connectivity index (χ0n) is 12.7. The van der Waals surface area contributed by atoms with Crippen LogP contribution in [0.15, 0.2) is 60.3 Å². The predicted octanol–water partition coefficient (Wildman–Crippen LogP) is 4.17. The highest BCUT2D eigenvalue weighted by Gasteiger charge is 2.08. The number of nitrogens with one attached hydrogen (secondary N) is 2. The molecule has 6 heteroatoms. The zero-order valence-corrected chi connectivity index (χ0v) is 14.2. The Balaban J connectivity index is 1.92. The van der Waals surface area contributed by atoms with Crippen molar-refractivity contribution in [1.29, 1.82) is 5.26 Å². The second-order valence-electron chi connectivity index (χ2n) is 4.93. The monoisotopic (exact) mass is 359 g/mol. The third-order valence-electron chi connectivity index (χ3n) is 3.21. The second kappa shape index (κ2) is 8.97. The summed E-state index contributed by atoms with van der Waals surface area (Å²) in [7, 11) is 0. The summed E-state index contributed by atoms with van der Waals surface area (Å²) in [5.41, 5.74) is 1.64. The van der Waals surface area contributed by atoms with Gasteiger partial charge in [0, 0.05) is 17.8 Å². The minimum absolute atomic E-state index is 0.0333. The van der Waals surface area contributed by atoms with Gasteiger partial charge in [-0.05, 0) is 30.2 Å². The van der Waals surface area contributed by atoms with Gasteiger partial charge in [-0.1, -0.05) is 53.5 Å². The number of hydrogen-bond acceptors (Lipinski definition) is 3. The van der Waals surface area contributed by atoms with Crippen LogP contribution in [0.25, 0.3) is 0 Å². The van der Waals surface area contributed by atoms with Crippen LogP contribution in [0.5, 0.6) is 0 Å². The first kappa shape index (κ1) is 17.9. The topological polar surface area (TPSA) is 64.9 Å². The fourth-order valence-electron chi connectivity index (χ4n) is 1.97. The molecule has 2 aromatic carbocycles. The molecule has 0 fully saturated rings. The third-order valence-corrected chi connectivity index (χ3v) is 3.76. The van der Waals surface area contributed by atoms with Crippen molar-refractivity contribution < 1.29 is 4.79 Å². The number of carbonyl (C=O) groups is 1. The van der Waals surface area contributed by atoms with E-state index < -0.39 is 5.91 Å². The van der Waals surface area contributed by atoms with Crippen molar-refractivity contribution >= 4 is 34.8 Å². The van der Waals surface area contributed by atoms with E-state index in [0.29, 0.717) is 28.7 Å². The molecule has 122 valence electrons. The fourth-order valence-corrected chi connectivity index (χ4v) is 2.43. The summed E-state index contributed by atoms with van der Waals surface area (Å²) in [5, 5.41) is 15.6. The number of nitrogens with zero attached hydrogens (tertiary/aromatic N) is 1. The van der Waals surface area contributed by atoms with Crippen LogP contribution in [0.4, 0.5) is 5.69 Å². The van der Waals surface area contributed by atoms with Crippen LogP contribution in [0.3, 0.4) is 0 Å². The molecule has 0 saturated carbocycles. The van der Waals surface area contributed by atoms with Gasteiger partial charge >= 0.3 is 0 Å². The van der Waals surface area contributed by atoms with Crippen LogP contribution < -0.4 is 10.6 Å². The average Bonchev–Trinajstić information content (AvgIpc) is 2.58. The Morgan fingerprint density at radius 3 is 2.58 bits per heavy atom.